The minimum atomic E-state index is -4.43. The van der Waals surface area contributed by atoms with E-state index in [0.29, 0.717) is 11.9 Å². The summed E-state index contributed by atoms with van der Waals surface area (Å²) in [6.07, 6.45) is -2.98. The third kappa shape index (κ3) is 3.28. The number of aliphatic hydroxyl groups excluding tert-OH is 1. The van der Waals surface area contributed by atoms with E-state index in [4.69, 9.17) is 0 Å². The summed E-state index contributed by atoms with van der Waals surface area (Å²) in [6, 6.07) is 2.05. The lowest BCUT2D eigenvalue weighted by molar-refractivity contribution is -0.137. The Morgan fingerprint density at radius 2 is 2.11 bits per heavy atom. The average molecular weight is 272 g/mol. The molecule has 0 aliphatic carbocycles. The van der Waals surface area contributed by atoms with Crippen molar-refractivity contribution in [2.24, 2.45) is 7.05 Å². The number of halogens is 3. The van der Waals surface area contributed by atoms with Gasteiger partial charge in [0.25, 0.3) is 0 Å². The Morgan fingerprint density at radius 3 is 2.58 bits per heavy atom. The summed E-state index contributed by atoms with van der Waals surface area (Å²) < 4.78 is 38.5. The molecule has 0 aliphatic heterocycles. The fourth-order valence-corrected chi connectivity index (χ4v) is 1.56. The second-order valence-corrected chi connectivity index (χ2v) is 4.07. The first-order valence-electron chi connectivity index (χ1n) is 5.42. The molecule has 0 radical (unpaired) electrons. The van der Waals surface area contributed by atoms with Gasteiger partial charge in [-0.2, -0.15) is 13.2 Å². The lowest BCUT2D eigenvalue weighted by Crippen LogP contribution is -2.09. The smallest absolute Gasteiger partial charge is 0.386 e. The maximum atomic E-state index is 12.3. The van der Waals surface area contributed by atoms with Crippen LogP contribution in [-0.4, -0.2) is 25.1 Å². The summed E-state index contributed by atoms with van der Waals surface area (Å²) in [5, 5.41) is 17.3. The monoisotopic (exact) mass is 272 g/mol. The van der Waals surface area contributed by atoms with E-state index in [1.54, 1.807) is 13.2 Å². The van der Waals surface area contributed by atoms with E-state index >= 15 is 0 Å². The third-order valence-corrected chi connectivity index (χ3v) is 2.51. The van der Waals surface area contributed by atoms with Crippen LogP contribution in [0.15, 0.2) is 24.5 Å². The zero-order chi connectivity index (χ0) is 14.0. The van der Waals surface area contributed by atoms with Crippen LogP contribution in [0.4, 0.5) is 13.2 Å². The molecule has 2 heterocycles. The van der Waals surface area contributed by atoms with E-state index in [0.717, 1.165) is 12.1 Å². The lowest BCUT2D eigenvalue weighted by atomic mass is 10.1. The van der Waals surface area contributed by atoms with Gasteiger partial charge in [0.1, 0.15) is 6.10 Å². The molecule has 0 saturated carbocycles. The van der Waals surface area contributed by atoms with Crippen molar-refractivity contribution in [1.82, 2.24) is 20.0 Å². The SMILES string of the molecule is Cn1cc(CC(O)c2ccc(C(F)(F)F)cn2)nn1. The average Bonchev–Trinajstić information content (AvgIpc) is 2.74. The van der Waals surface area contributed by atoms with E-state index in [1.807, 2.05) is 0 Å². The summed E-state index contributed by atoms with van der Waals surface area (Å²) in [5.41, 5.74) is -0.140. The largest absolute Gasteiger partial charge is 0.417 e. The fourth-order valence-electron chi connectivity index (χ4n) is 1.56. The molecule has 0 spiro atoms. The molecular weight excluding hydrogens is 261 g/mol. The number of alkyl halides is 3. The topological polar surface area (TPSA) is 63.8 Å². The highest BCUT2D eigenvalue weighted by Gasteiger charge is 2.30. The van der Waals surface area contributed by atoms with Crippen molar-refractivity contribution in [2.75, 3.05) is 0 Å². The van der Waals surface area contributed by atoms with E-state index in [9.17, 15) is 18.3 Å². The molecule has 0 saturated heterocycles. The Bertz CT molecular complexity index is 550. The summed E-state index contributed by atoms with van der Waals surface area (Å²) >= 11 is 0. The first kappa shape index (κ1) is 13.5. The fraction of sp³-hybridized carbons (Fsp3) is 0.364. The Hall–Kier alpha value is -1.96. The highest BCUT2D eigenvalue weighted by molar-refractivity contribution is 5.19. The Morgan fingerprint density at radius 1 is 1.37 bits per heavy atom. The normalized spacial score (nSPS) is 13.5. The van der Waals surface area contributed by atoms with Gasteiger partial charge < -0.3 is 5.11 Å². The maximum absolute atomic E-state index is 12.3. The maximum Gasteiger partial charge on any atom is 0.417 e. The molecule has 0 aromatic carbocycles. The van der Waals surface area contributed by atoms with Crippen molar-refractivity contribution in [3.63, 3.8) is 0 Å². The molecule has 8 heteroatoms. The number of aliphatic hydroxyl groups is 1. The van der Waals surface area contributed by atoms with E-state index in [2.05, 4.69) is 15.3 Å². The highest BCUT2D eigenvalue weighted by atomic mass is 19.4. The number of nitrogens with zero attached hydrogens (tertiary/aromatic N) is 4. The molecule has 1 unspecified atom stereocenters. The zero-order valence-electron chi connectivity index (χ0n) is 9.96. The summed E-state index contributed by atoms with van der Waals surface area (Å²) in [4.78, 5) is 3.62. The first-order chi connectivity index (χ1) is 8.86. The molecule has 102 valence electrons. The van der Waals surface area contributed by atoms with E-state index in [1.165, 1.54) is 4.68 Å². The van der Waals surface area contributed by atoms with Gasteiger partial charge in [-0.05, 0) is 12.1 Å². The van der Waals surface area contributed by atoms with Crippen LogP contribution >= 0.6 is 0 Å². The molecule has 19 heavy (non-hydrogen) atoms. The molecule has 0 bridgehead atoms. The molecule has 1 atom stereocenters. The Labute approximate surface area is 106 Å². The van der Waals surface area contributed by atoms with Crippen LogP contribution in [0, 0.1) is 0 Å². The third-order valence-electron chi connectivity index (χ3n) is 2.51. The van der Waals surface area contributed by atoms with Gasteiger partial charge in [-0.1, -0.05) is 5.21 Å². The zero-order valence-corrected chi connectivity index (χ0v) is 9.96. The van der Waals surface area contributed by atoms with Gasteiger partial charge in [0.15, 0.2) is 0 Å². The predicted octanol–water partition coefficient (Wildman–Crippen LogP) is 1.50. The number of hydrogen-bond acceptors (Lipinski definition) is 4. The molecule has 5 nitrogen and oxygen atoms in total. The predicted molar refractivity (Wildman–Crippen MR) is 58.9 cm³/mol. The molecule has 2 rings (SSSR count). The van der Waals surface area contributed by atoms with Crippen LogP contribution in [0.3, 0.4) is 0 Å². The van der Waals surface area contributed by atoms with Crippen LogP contribution in [-0.2, 0) is 19.6 Å². The number of aryl methyl sites for hydroxylation is 1. The molecule has 0 fully saturated rings. The molecule has 2 aromatic heterocycles. The standard InChI is InChI=1S/C11H11F3N4O/c1-18-6-8(16-17-18)4-10(19)9-3-2-7(5-15-9)11(12,13)14/h2-3,5-6,10,19H,4H2,1H3. The molecular formula is C11H11F3N4O. The highest BCUT2D eigenvalue weighted by Crippen LogP contribution is 2.29. The van der Waals surface area contributed by atoms with Crippen molar-refractivity contribution < 1.29 is 18.3 Å². The first-order valence-corrected chi connectivity index (χ1v) is 5.42. The lowest BCUT2D eigenvalue weighted by Gasteiger charge is -2.10. The van der Waals surface area contributed by atoms with Gasteiger partial charge in [0.05, 0.1) is 17.0 Å². The van der Waals surface area contributed by atoms with Crippen molar-refractivity contribution in [3.8, 4) is 0 Å². The Balaban J connectivity index is 2.09. The quantitative estimate of drug-likeness (QED) is 0.919. The van der Waals surface area contributed by atoms with Crippen molar-refractivity contribution in [3.05, 3.63) is 41.5 Å². The number of rotatable bonds is 3. The van der Waals surface area contributed by atoms with Crippen LogP contribution in [0.5, 0.6) is 0 Å². The van der Waals surface area contributed by atoms with E-state index in [-0.39, 0.29) is 12.1 Å². The van der Waals surface area contributed by atoms with Crippen molar-refractivity contribution >= 4 is 0 Å². The molecule has 0 amide bonds. The number of hydrogen-bond donors (Lipinski definition) is 1. The van der Waals surface area contributed by atoms with Gasteiger partial charge in [-0.25, -0.2) is 0 Å². The van der Waals surface area contributed by atoms with Crippen LogP contribution in [0.25, 0.3) is 0 Å². The van der Waals surface area contributed by atoms with E-state index < -0.39 is 17.8 Å². The Kier molecular flexibility index (Phi) is 3.52. The van der Waals surface area contributed by atoms with Gasteiger partial charge in [0.2, 0.25) is 0 Å². The number of pyridine rings is 1. The summed E-state index contributed by atoms with van der Waals surface area (Å²) in [7, 11) is 1.68. The van der Waals surface area contributed by atoms with Crippen LogP contribution < -0.4 is 0 Å². The minimum absolute atomic E-state index is 0.145. The molecule has 0 aliphatic rings. The van der Waals surface area contributed by atoms with Crippen molar-refractivity contribution in [2.45, 2.75) is 18.7 Å². The van der Waals surface area contributed by atoms with Gasteiger partial charge in [-0.15, -0.1) is 5.10 Å². The second kappa shape index (κ2) is 4.96. The van der Waals surface area contributed by atoms with Crippen molar-refractivity contribution in [1.29, 1.82) is 0 Å². The number of aromatic nitrogens is 4. The molecule has 2 aromatic rings. The minimum Gasteiger partial charge on any atom is -0.386 e. The summed E-state index contributed by atoms with van der Waals surface area (Å²) in [6.45, 7) is 0. The van der Waals surface area contributed by atoms with Crippen LogP contribution in [0.1, 0.15) is 23.1 Å². The second-order valence-electron chi connectivity index (χ2n) is 4.07. The van der Waals surface area contributed by atoms with Gasteiger partial charge in [-0.3, -0.25) is 9.67 Å². The van der Waals surface area contributed by atoms with Crippen LogP contribution in [0.2, 0.25) is 0 Å². The van der Waals surface area contributed by atoms with Gasteiger partial charge in [0, 0.05) is 25.9 Å². The summed E-state index contributed by atoms with van der Waals surface area (Å²) in [5.74, 6) is 0. The van der Waals surface area contributed by atoms with Gasteiger partial charge >= 0.3 is 6.18 Å². The molecule has 1 N–H and O–H groups in total.